The highest BCUT2D eigenvalue weighted by atomic mass is 79.9. The van der Waals surface area contributed by atoms with Gasteiger partial charge in [0, 0.05) is 11.0 Å². The normalized spacial score (nSPS) is 9.53. The quantitative estimate of drug-likeness (QED) is 0.661. The highest BCUT2D eigenvalue weighted by molar-refractivity contribution is 9.10. The van der Waals surface area contributed by atoms with Crippen molar-refractivity contribution in [1.29, 1.82) is 0 Å². The molecule has 0 aliphatic carbocycles. The number of carbonyl (C=O) groups excluding carboxylic acids is 2. The van der Waals surface area contributed by atoms with Crippen molar-refractivity contribution in [3.63, 3.8) is 0 Å². The second-order valence-corrected chi connectivity index (χ2v) is 3.99. The Kier molecular flexibility index (Phi) is 4.84. The van der Waals surface area contributed by atoms with Crippen molar-refractivity contribution in [1.82, 2.24) is 5.32 Å². The Labute approximate surface area is 106 Å². The molecule has 0 spiro atoms. The van der Waals surface area contributed by atoms with Gasteiger partial charge in [-0.3, -0.25) is 9.59 Å². The van der Waals surface area contributed by atoms with E-state index in [1.807, 2.05) is 0 Å². The largest absolute Gasteiger partial charge is 0.344 e. The van der Waals surface area contributed by atoms with E-state index in [4.69, 9.17) is 0 Å². The maximum atomic E-state index is 13.3. The minimum absolute atomic E-state index is 0.0491. The van der Waals surface area contributed by atoms with Crippen molar-refractivity contribution in [2.75, 3.05) is 11.9 Å². The predicted octanol–water partition coefficient (Wildman–Crippen LogP) is 1.83. The molecule has 0 atom stereocenters. The summed E-state index contributed by atoms with van der Waals surface area (Å²) in [7, 11) is 0. The fourth-order valence-electron chi connectivity index (χ4n) is 1.02. The molecular weight excluding hydrogens is 291 g/mol. The number of rotatable bonds is 3. The summed E-state index contributed by atoms with van der Waals surface area (Å²) in [5.41, 5.74) is -0.0491. The summed E-state index contributed by atoms with van der Waals surface area (Å²) in [4.78, 5) is 22.5. The zero-order valence-corrected chi connectivity index (χ0v) is 10.4. The third-order valence-electron chi connectivity index (χ3n) is 1.79. The van der Waals surface area contributed by atoms with Crippen LogP contribution in [0.25, 0.3) is 0 Å². The van der Waals surface area contributed by atoms with Crippen molar-refractivity contribution < 1.29 is 14.0 Å². The Balaban J connectivity index is 2.67. The summed E-state index contributed by atoms with van der Waals surface area (Å²) in [6.45, 7) is 3.56. The summed E-state index contributed by atoms with van der Waals surface area (Å²) in [6.07, 6.45) is 1.44. The van der Waals surface area contributed by atoms with Gasteiger partial charge in [0.1, 0.15) is 5.82 Å². The lowest BCUT2D eigenvalue weighted by molar-refractivity contribution is -0.136. The van der Waals surface area contributed by atoms with Crippen LogP contribution >= 0.6 is 15.9 Å². The number of benzene rings is 1. The first-order valence-electron chi connectivity index (χ1n) is 4.69. The average Bonchev–Trinajstić information content (AvgIpc) is 2.29. The first-order valence-corrected chi connectivity index (χ1v) is 5.49. The molecule has 1 aromatic rings. The van der Waals surface area contributed by atoms with Crippen molar-refractivity contribution in [2.24, 2.45) is 0 Å². The van der Waals surface area contributed by atoms with Crippen LogP contribution in [0.15, 0.2) is 35.3 Å². The molecule has 4 nitrogen and oxygen atoms in total. The van der Waals surface area contributed by atoms with E-state index >= 15 is 0 Å². The highest BCUT2D eigenvalue weighted by Crippen LogP contribution is 2.19. The molecule has 2 N–H and O–H groups in total. The molecule has 0 radical (unpaired) electrons. The van der Waals surface area contributed by atoms with Crippen LogP contribution in [0.4, 0.5) is 10.1 Å². The van der Waals surface area contributed by atoms with Crippen LogP contribution in [0.2, 0.25) is 0 Å². The number of hydrogen-bond acceptors (Lipinski definition) is 2. The lowest BCUT2D eigenvalue weighted by Gasteiger charge is -2.06. The lowest BCUT2D eigenvalue weighted by atomic mass is 10.3. The number of anilines is 1. The molecule has 90 valence electrons. The Hall–Kier alpha value is -1.69. The van der Waals surface area contributed by atoms with E-state index in [2.05, 4.69) is 33.1 Å². The summed E-state index contributed by atoms with van der Waals surface area (Å²) < 4.78 is 13.9. The molecule has 0 saturated heterocycles. The molecule has 1 aromatic carbocycles. The highest BCUT2D eigenvalue weighted by Gasteiger charge is 2.14. The standard InChI is InChI=1S/C11H10BrFN2O2/c1-2-5-14-10(16)11(17)15-9-4-3-7(12)6-8(9)13/h2-4,6H,1,5H2,(H,14,16)(H,15,17). The number of carbonyl (C=O) groups is 2. The molecule has 0 aliphatic rings. The molecule has 17 heavy (non-hydrogen) atoms. The van der Waals surface area contributed by atoms with Crippen LogP contribution < -0.4 is 10.6 Å². The molecule has 0 bridgehead atoms. The van der Waals surface area contributed by atoms with E-state index in [0.29, 0.717) is 4.47 Å². The maximum Gasteiger partial charge on any atom is 0.313 e. The summed E-state index contributed by atoms with van der Waals surface area (Å²) in [5.74, 6) is -2.38. The number of halogens is 2. The summed E-state index contributed by atoms with van der Waals surface area (Å²) in [5, 5.41) is 4.45. The number of nitrogens with one attached hydrogen (secondary N) is 2. The fourth-order valence-corrected chi connectivity index (χ4v) is 1.35. The zero-order chi connectivity index (χ0) is 12.8. The Morgan fingerprint density at radius 3 is 2.71 bits per heavy atom. The first kappa shape index (κ1) is 13.4. The second-order valence-electron chi connectivity index (χ2n) is 3.08. The van der Waals surface area contributed by atoms with Crippen molar-refractivity contribution >= 4 is 33.4 Å². The smallest absolute Gasteiger partial charge is 0.313 e. The van der Waals surface area contributed by atoms with E-state index in [1.54, 1.807) is 6.07 Å². The predicted molar refractivity (Wildman–Crippen MR) is 65.9 cm³/mol. The molecule has 0 fully saturated rings. The van der Waals surface area contributed by atoms with Gasteiger partial charge in [0.2, 0.25) is 0 Å². The molecule has 0 saturated carbocycles. The summed E-state index contributed by atoms with van der Waals surface area (Å²) in [6, 6.07) is 4.11. The molecule has 0 unspecified atom stereocenters. The number of amides is 2. The van der Waals surface area contributed by atoms with Crippen molar-refractivity contribution in [3.05, 3.63) is 41.1 Å². The number of hydrogen-bond donors (Lipinski definition) is 2. The van der Waals surface area contributed by atoms with Crippen LogP contribution in [-0.4, -0.2) is 18.4 Å². The van der Waals surface area contributed by atoms with Gasteiger partial charge in [-0.25, -0.2) is 4.39 Å². The first-order chi connectivity index (χ1) is 8.04. The van der Waals surface area contributed by atoms with Crippen LogP contribution in [-0.2, 0) is 9.59 Å². The summed E-state index contributed by atoms with van der Waals surface area (Å²) >= 11 is 3.08. The fraction of sp³-hybridized carbons (Fsp3) is 0.0909. The minimum Gasteiger partial charge on any atom is -0.344 e. The van der Waals surface area contributed by atoms with Gasteiger partial charge in [-0.1, -0.05) is 22.0 Å². The van der Waals surface area contributed by atoms with Gasteiger partial charge >= 0.3 is 11.8 Å². The van der Waals surface area contributed by atoms with Gasteiger partial charge in [0.25, 0.3) is 0 Å². The zero-order valence-electron chi connectivity index (χ0n) is 8.80. The van der Waals surface area contributed by atoms with Gasteiger partial charge in [-0.2, -0.15) is 0 Å². The van der Waals surface area contributed by atoms with E-state index in [9.17, 15) is 14.0 Å². The van der Waals surface area contributed by atoms with Crippen molar-refractivity contribution in [3.8, 4) is 0 Å². The van der Waals surface area contributed by atoms with E-state index in [0.717, 1.165) is 0 Å². The lowest BCUT2D eigenvalue weighted by Crippen LogP contribution is -2.35. The molecule has 0 aliphatic heterocycles. The van der Waals surface area contributed by atoms with Gasteiger partial charge in [0.05, 0.1) is 5.69 Å². The SMILES string of the molecule is C=CCNC(=O)C(=O)Nc1ccc(Br)cc1F. The van der Waals surface area contributed by atoms with Crippen LogP contribution in [0.5, 0.6) is 0 Å². The maximum absolute atomic E-state index is 13.3. The third-order valence-corrected chi connectivity index (χ3v) is 2.29. The van der Waals surface area contributed by atoms with E-state index in [-0.39, 0.29) is 12.2 Å². The average molecular weight is 301 g/mol. The molecule has 1 rings (SSSR count). The van der Waals surface area contributed by atoms with Crippen molar-refractivity contribution in [2.45, 2.75) is 0 Å². The second kappa shape index (κ2) is 6.15. The Morgan fingerprint density at radius 2 is 2.12 bits per heavy atom. The molecule has 2 amide bonds. The molecule has 6 heteroatoms. The van der Waals surface area contributed by atoms with E-state index < -0.39 is 17.6 Å². The van der Waals surface area contributed by atoms with Crippen LogP contribution in [0, 0.1) is 5.82 Å². The molecule has 0 aromatic heterocycles. The van der Waals surface area contributed by atoms with Crippen LogP contribution in [0.1, 0.15) is 0 Å². The van der Waals surface area contributed by atoms with Gasteiger partial charge in [0.15, 0.2) is 0 Å². The minimum atomic E-state index is -0.923. The van der Waals surface area contributed by atoms with Gasteiger partial charge < -0.3 is 10.6 Å². The van der Waals surface area contributed by atoms with E-state index in [1.165, 1.54) is 18.2 Å². The Bertz CT molecular complexity index is 463. The monoisotopic (exact) mass is 300 g/mol. The van der Waals surface area contributed by atoms with Gasteiger partial charge in [-0.05, 0) is 18.2 Å². The third kappa shape index (κ3) is 3.99. The van der Waals surface area contributed by atoms with Crippen LogP contribution in [0.3, 0.4) is 0 Å². The van der Waals surface area contributed by atoms with Gasteiger partial charge in [-0.15, -0.1) is 6.58 Å². The Morgan fingerprint density at radius 1 is 1.41 bits per heavy atom. The molecule has 0 heterocycles. The molecular formula is C11H10BrFN2O2. The topological polar surface area (TPSA) is 58.2 Å².